The van der Waals surface area contributed by atoms with E-state index in [-0.39, 0.29) is 0 Å². The van der Waals surface area contributed by atoms with Crippen molar-refractivity contribution in [2.75, 3.05) is 7.05 Å². The molecule has 0 atom stereocenters. The van der Waals surface area contributed by atoms with Crippen LogP contribution in [-0.2, 0) is 6.54 Å². The minimum atomic E-state index is 0.736. The Labute approximate surface area is 103 Å². The number of halogens is 1. The van der Waals surface area contributed by atoms with Gasteiger partial charge in [-0.3, -0.25) is 0 Å². The summed E-state index contributed by atoms with van der Waals surface area (Å²) >= 11 is 7.60. The van der Waals surface area contributed by atoms with E-state index < -0.39 is 0 Å². The normalized spacial score (nSPS) is 10.7. The number of aromatic nitrogens is 2. The van der Waals surface area contributed by atoms with E-state index >= 15 is 0 Å². The Balaban J connectivity index is 2.34. The van der Waals surface area contributed by atoms with Crippen LogP contribution in [0.25, 0.3) is 10.6 Å². The third-order valence-electron chi connectivity index (χ3n) is 2.08. The molecule has 0 aliphatic rings. The first-order valence-corrected chi connectivity index (χ1v) is 6.13. The molecule has 1 heterocycles. The Morgan fingerprint density at radius 3 is 2.81 bits per heavy atom. The molecule has 0 fully saturated rings. The van der Waals surface area contributed by atoms with E-state index in [1.54, 1.807) is 11.3 Å². The molecular formula is C11H12ClN3S. The Bertz CT molecular complexity index is 475. The monoisotopic (exact) mass is 253 g/mol. The average molecular weight is 254 g/mol. The molecule has 2 aromatic rings. The first-order valence-electron chi connectivity index (χ1n) is 4.93. The van der Waals surface area contributed by atoms with Gasteiger partial charge < -0.3 is 5.32 Å². The molecule has 0 saturated carbocycles. The zero-order valence-electron chi connectivity index (χ0n) is 9.12. The second kappa shape index (κ2) is 4.91. The number of hydrogen-bond donors (Lipinski definition) is 1. The fourth-order valence-electron chi connectivity index (χ4n) is 1.45. The van der Waals surface area contributed by atoms with Gasteiger partial charge in [-0.1, -0.05) is 22.9 Å². The Morgan fingerprint density at radius 2 is 2.12 bits per heavy atom. The van der Waals surface area contributed by atoms with E-state index in [1.807, 2.05) is 26.1 Å². The van der Waals surface area contributed by atoms with E-state index in [0.29, 0.717) is 0 Å². The van der Waals surface area contributed by atoms with E-state index in [2.05, 4.69) is 21.6 Å². The van der Waals surface area contributed by atoms with Gasteiger partial charge in [-0.15, -0.1) is 10.2 Å². The van der Waals surface area contributed by atoms with Crippen LogP contribution in [0, 0.1) is 6.92 Å². The molecule has 3 nitrogen and oxygen atoms in total. The van der Waals surface area contributed by atoms with Gasteiger partial charge in [-0.05, 0) is 37.7 Å². The smallest absolute Gasteiger partial charge is 0.147 e. The summed E-state index contributed by atoms with van der Waals surface area (Å²) in [6, 6.07) is 5.91. The molecule has 1 aromatic carbocycles. The van der Waals surface area contributed by atoms with E-state index in [0.717, 1.165) is 32.7 Å². The summed E-state index contributed by atoms with van der Waals surface area (Å²) < 4.78 is 0. The second-order valence-electron chi connectivity index (χ2n) is 3.55. The molecular weight excluding hydrogens is 242 g/mol. The van der Waals surface area contributed by atoms with Crippen molar-refractivity contribution in [1.29, 1.82) is 0 Å². The third kappa shape index (κ3) is 2.58. The number of aryl methyl sites for hydroxylation is 1. The number of nitrogens with zero attached hydrogens (tertiary/aromatic N) is 2. The minimum Gasteiger partial charge on any atom is -0.313 e. The summed E-state index contributed by atoms with van der Waals surface area (Å²) in [5.41, 5.74) is 2.16. The molecule has 16 heavy (non-hydrogen) atoms. The molecule has 2 rings (SSSR count). The first-order chi connectivity index (χ1) is 7.69. The van der Waals surface area contributed by atoms with Crippen molar-refractivity contribution in [3.05, 3.63) is 33.8 Å². The van der Waals surface area contributed by atoms with Crippen molar-refractivity contribution in [2.24, 2.45) is 0 Å². The lowest BCUT2D eigenvalue weighted by atomic mass is 10.1. The highest BCUT2D eigenvalue weighted by molar-refractivity contribution is 7.14. The zero-order chi connectivity index (χ0) is 11.5. The van der Waals surface area contributed by atoms with Gasteiger partial charge in [0, 0.05) is 17.1 Å². The fourth-order valence-corrected chi connectivity index (χ4v) is 2.58. The van der Waals surface area contributed by atoms with Crippen LogP contribution in [0.2, 0.25) is 5.02 Å². The molecule has 5 heteroatoms. The number of benzene rings is 1. The molecule has 0 spiro atoms. The Kier molecular flexibility index (Phi) is 3.53. The third-order valence-corrected chi connectivity index (χ3v) is 3.27. The van der Waals surface area contributed by atoms with Crippen LogP contribution in [0.3, 0.4) is 0 Å². The molecule has 0 saturated heterocycles. The van der Waals surface area contributed by atoms with E-state index in [9.17, 15) is 0 Å². The lowest BCUT2D eigenvalue weighted by molar-refractivity contribution is 0.795. The molecule has 0 radical (unpaired) electrons. The molecule has 0 amide bonds. The number of nitrogens with one attached hydrogen (secondary N) is 1. The van der Waals surface area contributed by atoms with Crippen LogP contribution in [0.5, 0.6) is 0 Å². The average Bonchev–Trinajstić information content (AvgIpc) is 2.65. The maximum Gasteiger partial charge on any atom is 0.147 e. The quantitative estimate of drug-likeness (QED) is 0.914. The van der Waals surface area contributed by atoms with Crippen LogP contribution in [0.1, 0.15) is 10.6 Å². The minimum absolute atomic E-state index is 0.736. The first kappa shape index (κ1) is 11.5. The van der Waals surface area contributed by atoms with Gasteiger partial charge in [-0.2, -0.15) is 0 Å². The summed E-state index contributed by atoms with van der Waals surface area (Å²) in [5, 5.41) is 13.9. The van der Waals surface area contributed by atoms with Gasteiger partial charge >= 0.3 is 0 Å². The summed E-state index contributed by atoms with van der Waals surface area (Å²) in [6.07, 6.45) is 0. The summed E-state index contributed by atoms with van der Waals surface area (Å²) in [7, 11) is 1.89. The van der Waals surface area contributed by atoms with Gasteiger partial charge in [0.1, 0.15) is 10.0 Å². The van der Waals surface area contributed by atoms with Crippen molar-refractivity contribution in [2.45, 2.75) is 13.5 Å². The number of hydrogen-bond acceptors (Lipinski definition) is 4. The van der Waals surface area contributed by atoms with Crippen LogP contribution in [0.15, 0.2) is 18.2 Å². The van der Waals surface area contributed by atoms with Gasteiger partial charge in [0.15, 0.2) is 0 Å². The van der Waals surface area contributed by atoms with Crippen molar-refractivity contribution in [1.82, 2.24) is 15.5 Å². The topological polar surface area (TPSA) is 37.8 Å². The van der Waals surface area contributed by atoms with Gasteiger partial charge in [-0.25, -0.2) is 0 Å². The van der Waals surface area contributed by atoms with Crippen molar-refractivity contribution < 1.29 is 0 Å². The predicted molar refractivity (Wildman–Crippen MR) is 67.9 cm³/mol. The fraction of sp³-hybridized carbons (Fsp3) is 0.273. The molecule has 0 unspecified atom stereocenters. The maximum atomic E-state index is 6.01. The van der Waals surface area contributed by atoms with Crippen LogP contribution in [-0.4, -0.2) is 17.2 Å². The summed E-state index contributed by atoms with van der Waals surface area (Å²) in [4.78, 5) is 0. The molecule has 0 aliphatic carbocycles. The Morgan fingerprint density at radius 1 is 1.31 bits per heavy atom. The standard InChI is InChI=1S/C11H12ClN3S/c1-7-3-8(5-9(12)4-7)11-15-14-10(16-11)6-13-2/h3-5,13H,6H2,1-2H3. The highest BCUT2D eigenvalue weighted by atomic mass is 35.5. The Hall–Kier alpha value is -0.970. The van der Waals surface area contributed by atoms with Crippen LogP contribution >= 0.6 is 22.9 Å². The lowest BCUT2D eigenvalue weighted by Crippen LogP contribution is -2.04. The van der Waals surface area contributed by atoms with Gasteiger partial charge in [0.25, 0.3) is 0 Å². The second-order valence-corrected chi connectivity index (χ2v) is 5.05. The largest absolute Gasteiger partial charge is 0.313 e. The molecule has 84 valence electrons. The molecule has 0 aliphatic heterocycles. The van der Waals surface area contributed by atoms with Crippen molar-refractivity contribution in [3.63, 3.8) is 0 Å². The van der Waals surface area contributed by atoms with E-state index in [4.69, 9.17) is 11.6 Å². The number of rotatable bonds is 3. The van der Waals surface area contributed by atoms with E-state index in [1.165, 1.54) is 0 Å². The maximum absolute atomic E-state index is 6.01. The predicted octanol–water partition coefficient (Wildman–Crippen LogP) is 2.89. The van der Waals surface area contributed by atoms with Crippen molar-refractivity contribution in [3.8, 4) is 10.6 Å². The SMILES string of the molecule is CNCc1nnc(-c2cc(C)cc(Cl)c2)s1. The zero-order valence-corrected chi connectivity index (χ0v) is 10.7. The lowest BCUT2D eigenvalue weighted by Gasteiger charge is -1.99. The van der Waals surface area contributed by atoms with Crippen LogP contribution in [0.4, 0.5) is 0 Å². The summed E-state index contributed by atoms with van der Waals surface area (Å²) in [6.45, 7) is 2.77. The highest BCUT2D eigenvalue weighted by Crippen LogP contribution is 2.27. The van der Waals surface area contributed by atoms with Gasteiger partial charge in [0.05, 0.1) is 0 Å². The highest BCUT2D eigenvalue weighted by Gasteiger charge is 2.07. The molecule has 1 aromatic heterocycles. The van der Waals surface area contributed by atoms with Gasteiger partial charge in [0.2, 0.25) is 0 Å². The molecule has 1 N–H and O–H groups in total. The van der Waals surface area contributed by atoms with Crippen molar-refractivity contribution >= 4 is 22.9 Å². The van der Waals surface area contributed by atoms with Crippen LogP contribution < -0.4 is 5.32 Å². The molecule has 0 bridgehead atoms. The summed E-state index contributed by atoms with van der Waals surface area (Å²) in [5.74, 6) is 0.